The summed E-state index contributed by atoms with van der Waals surface area (Å²) in [6, 6.07) is 10.5. The highest BCUT2D eigenvalue weighted by molar-refractivity contribution is 6.08. The number of carbonyl (C=O) groups is 2. The molecule has 0 spiro atoms. The van der Waals surface area contributed by atoms with Crippen LogP contribution in [0, 0.1) is 0 Å². The minimum Gasteiger partial charge on any atom is -0.493 e. The third-order valence-electron chi connectivity index (χ3n) is 4.27. The zero-order chi connectivity index (χ0) is 19.9. The minimum atomic E-state index is -0.235. The van der Waals surface area contributed by atoms with Crippen LogP contribution in [0.15, 0.2) is 42.5 Å². The second-order valence-electron chi connectivity index (χ2n) is 6.36. The number of rotatable bonds is 8. The largest absolute Gasteiger partial charge is 0.493 e. The molecular weight excluding hydrogens is 358 g/mol. The van der Waals surface area contributed by atoms with Crippen molar-refractivity contribution in [1.82, 2.24) is 0 Å². The van der Waals surface area contributed by atoms with Crippen LogP contribution in [0.2, 0.25) is 0 Å². The van der Waals surface area contributed by atoms with Crippen molar-refractivity contribution in [1.29, 1.82) is 0 Å². The predicted molar refractivity (Wildman–Crippen MR) is 107 cm³/mol. The first-order chi connectivity index (χ1) is 13.6. The Bertz CT molecular complexity index is 904. The van der Waals surface area contributed by atoms with Crippen LogP contribution in [0.3, 0.4) is 0 Å². The fourth-order valence-electron chi connectivity index (χ4n) is 2.74. The molecule has 2 aromatic rings. The molecule has 0 fully saturated rings. The lowest BCUT2D eigenvalue weighted by atomic mass is 10.1. The lowest BCUT2D eigenvalue weighted by Gasteiger charge is -2.17. The van der Waals surface area contributed by atoms with Crippen molar-refractivity contribution < 1.29 is 23.8 Å². The monoisotopic (exact) mass is 381 g/mol. The number of amides is 1. The summed E-state index contributed by atoms with van der Waals surface area (Å²) in [6.45, 7) is 2.73. The molecular formula is C22H23NO5. The average Bonchev–Trinajstić information content (AvgIpc) is 2.72. The van der Waals surface area contributed by atoms with Gasteiger partial charge in [0.2, 0.25) is 0 Å². The molecule has 0 aliphatic carbocycles. The normalized spacial score (nSPS) is 12.9. The van der Waals surface area contributed by atoms with Crippen molar-refractivity contribution in [3.63, 3.8) is 0 Å². The van der Waals surface area contributed by atoms with Gasteiger partial charge in [0.15, 0.2) is 23.9 Å². The first-order valence-corrected chi connectivity index (χ1v) is 9.20. The molecule has 0 bridgehead atoms. The second kappa shape index (κ2) is 9.08. The number of nitrogens with one attached hydrogen (secondary N) is 1. The topological polar surface area (TPSA) is 73.9 Å². The molecule has 146 valence electrons. The molecule has 1 aliphatic rings. The highest BCUT2D eigenvalue weighted by atomic mass is 16.5. The van der Waals surface area contributed by atoms with E-state index in [9.17, 15) is 9.59 Å². The fraction of sp³-hybridized carbons (Fsp3) is 0.273. The highest BCUT2D eigenvalue weighted by Gasteiger charge is 2.17. The molecule has 6 nitrogen and oxygen atoms in total. The predicted octanol–water partition coefficient (Wildman–Crippen LogP) is 4.10. The lowest BCUT2D eigenvalue weighted by Crippen LogP contribution is -2.25. The summed E-state index contributed by atoms with van der Waals surface area (Å²) in [5.74, 6) is 1.46. The number of carbonyl (C=O) groups excluding carboxylic acids is 2. The molecule has 1 aliphatic heterocycles. The number of fused-ring (bicyclic) bond motifs is 1. The van der Waals surface area contributed by atoms with Gasteiger partial charge in [0.25, 0.3) is 5.91 Å². The molecule has 28 heavy (non-hydrogen) atoms. The van der Waals surface area contributed by atoms with E-state index in [-0.39, 0.29) is 18.3 Å². The van der Waals surface area contributed by atoms with E-state index < -0.39 is 0 Å². The van der Waals surface area contributed by atoms with Gasteiger partial charge in [-0.15, -0.1) is 0 Å². The van der Waals surface area contributed by atoms with E-state index in [2.05, 4.69) is 12.2 Å². The number of anilines is 1. The van der Waals surface area contributed by atoms with Gasteiger partial charge >= 0.3 is 0 Å². The van der Waals surface area contributed by atoms with Gasteiger partial charge in [0.05, 0.1) is 19.4 Å². The van der Waals surface area contributed by atoms with Crippen LogP contribution < -0.4 is 19.5 Å². The Kier molecular flexibility index (Phi) is 6.32. The van der Waals surface area contributed by atoms with Gasteiger partial charge in [-0.1, -0.05) is 25.5 Å². The zero-order valence-electron chi connectivity index (χ0n) is 16.0. The number of hydrogen-bond donors (Lipinski definition) is 1. The molecule has 0 saturated carbocycles. The molecule has 2 aromatic carbocycles. The van der Waals surface area contributed by atoms with Crippen molar-refractivity contribution in [2.45, 2.75) is 19.8 Å². The summed E-state index contributed by atoms with van der Waals surface area (Å²) >= 11 is 0. The van der Waals surface area contributed by atoms with Gasteiger partial charge in [-0.3, -0.25) is 9.59 Å². The third kappa shape index (κ3) is 4.71. The second-order valence-corrected chi connectivity index (χ2v) is 6.36. The van der Waals surface area contributed by atoms with E-state index >= 15 is 0 Å². The third-order valence-corrected chi connectivity index (χ3v) is 4.27. The Morgan fingerprint density at radius 2 is 2.07 bits per heavy atom. The van der Waals surface area contributed by atoms with Crippen LogP contribution in [0.25, 0.3) is 6.08 Å². The Morgan fingerprint density at radius 3 is 2.86 bits per heavy atom. The highest BCUT2D eigenvalue weighted by Crippen LogP contribution is 2.30. The van der Waals surface area contributed by atoms with Gasteiger partial charge in [-0.2, -0.15) is 0 Å². The van der Waals surface area contributed by atoms with Crippen LogP contribution in [-0.2, 0) is 4.79 Å². The Labute approximate surface area is 164 Å². The van der Waals surface area contributed by atoms with E-state index in [4.69, 9.17) is 14.2 Å². The van der Waals surface area contributed by atoms with Crippen molar-refractivity contribution >= 4 is 23.5 Å². The first-order valence-electron chi connectivity index (χ1n) is 9.20. The molecule has 0 unspecified atom stereocenters. The van der Waals surface area contributed by atoms with Gasteiger partial charge in [-0.25, -0.2) is 0 Å². The maximum Gasteiger partial charge on any atom is 0.262 e. The smallest absolute Gasteiger partial charge is 0.262 e. The number of hydrogen-bond acceptors (Lipinski definition) is 5. The van der Waals surface area contributed by atoms with E-state index in [0.29, 0.717) is 35.1 Å². The summed E-state index contributed by atoms with van der Waals surface area (Å²) in [5.41, 5.74) is 1.79. The van der Waals surface area contributed by atoms with Crippen molar-refractivity contribution in [2.24, 2.45) is 0 Å². The first kappa shape index (κ1) is 19.5. The number of ketones is 1. The summed E-state index contributed by atoms with van der Waals surface area (Å²) < 4.78 is 16.4. The number of unbranched alkanes of at least 4 members (excludes halogenated alkanes) is 1. The summed E-state index contributed by atoms with van der Waals surface area (Å²) in [5, 5.41) is 2.70. The molecule has 0 atom stereocenters. The molecule has 1 N–H and O–H groups in total. The van der Waals surface area contributed by atoms with Crippen molar-refractivity contribution in [3.05, 3.63) is 53.6 Å². The van der Waals surface area contributed by atoms with Crippen molar-refractivity contribution in [2.75, 3.05) is 25.6 Å². The molecule has 6 heteroatoms. The Hall–Kier alpha value is -3.28. The molecule has 0 aromatic heterocycles. The van der Waals surface area contributed by atoms with Crippen LogP contribution in [0.1, 0.15) is 35.7 Å². The van der Waals surface area contributed by atoms with E-state index in [1.54, 1.807) is 31.4 Å². The van der Waals surface area contributed by atoms with Crippen LogP contribution in [-0.4, -0.2) is 32.0 Å². The van der Waals surface area contributed by atoms with Crippen LogP contribution >= 0.6 is 0 Å². The molecule has 0 radical (unpaired) electrons. The molecule has 0 saturated heterocycles. The minimum absolute atomic E-state index is 0.0137. The number of allylic oxidation sites excluding steroid dienone is 1. The standard InChI is InChI=1S/C22H23NO5/c1-3-4-11-27-20-9-6-15(12-21(20)26-2)5-8-18(24)16-7-10-19-17(13-16)23-22(25)14-28-19/h5-10,12-13H,3-4,11,14H2,1-2H3,(H,23,25). The van der Waals surface area contributed by atoms with Gasteiger partial charge in [0, 0.05) is 5.56 Å². The number of ether oxygens (including phenoxy) is 3. The zero-order valence-corrected chi connectivity index (χ0v) is 16.0. The summed E-state index contributed by atoms with van der Waals surface area (Å²) in [7, 11) is 1.59. The lowest BCUT2D eigenvalue weighted by molar-refractivity contribution is -0.118. The number of methoxy groups -OCH3 is 1. The van der Waals surface area contributed by atoms with Gasteiger partial charge in [0.1, 0.15) is 5.75 Å². The van der Waals surface area contributed by atoms with Crippen LogP contribution in [0.5, 0.6) is 17.2 Å². The van der Waals surface area contributed by atoms with E-state index in [1.165, 1.54) is 6.08 Å². The fourth-order valence-corrected chi connectivity index (χ4v) is 2.74. The van der Waals surface area contributed by atoms with Gasteiger partial charge in [-0.05, 0) is 48.4 Å². The van der Waals surface area contributed by atoms with Crippen LogP contribution in [0.4, 0.5) is 5.69 Å². The average molecular weight is 381 g/mol. The van der Waals surface area contributed by atoms with E-state index in [0.717, 1.165) is 18.4 Å². The van der Waals surface area contributed by atoms with Crippen molar-refractivity contribution in [3.8, 4) is 17.2 Å². The summed E-state index contributed by atoms with van der Waals surface area (Å²) in [4.78, 5) is 23.9. The van der Waals surface area contributed by atoms with Gasteiger partial charge < -0.3 is 19.5 Å². The Morgan fingerprint density at radius 1 is 1.21 bits per heavy atom. The maximum absolute atomic E-state index is 12.5. The maximum atomic E-state index is 12.5. The number of benzene rings is 2. The summed E-state index contributed by atoms with van der Waals surface area (Å²) in [6.07, 6.45) is 5.24. The molecule has 3 rings (SSSR count). The Balaban J connectivity index is 1.71. The molecule has 1 heterocycles. The quantitative estimate of drug-likeness (QED) is 0.423. The van der Waals surface area contributed by atoms with E-state index in [1.807, 2.05) is 18.2 Å². The molecule has 1 amide bonds. The SMILES string of the molecule is CCCCOc1ccc(C=CC(=O)c2ccc3c(c2)NC(=O)CO3)cc1OC.